The number of rotatable bonds is 4. The Bertz CT molecular complexity index is 299. The fourth-order valence-electron chi connectivity index (χ4n) is 3.81. The molecule has 2 saturated heterocycles. The minimum atomic E-state index is -2.56. The quantitative estimate of drug-likeness (QED) is 0.779. The van der Waals surface area contributed by atoms with Crippen molar-refractivity contribution in [1.29, 1.82) is 0 Å². The van der Waals surface area contributed by atoms with Gasteiger partial charge in [0.05, 0.1) is 12.6 Å². The van der Waals surface area contributed by atoms with Crippen LogP contribution in [0.4, 0.5) is 8.78 Å². The third kappa shape index (κ3) is 3.70. The maximum absolute atomic E-state index is 14.4. The lowest BCUT2D eigenvalue weighted by molar-refractivity contribution is -0.137. The SMILES string of the molecule is CCCC1CCN(C2CCN(C(C)C)CC2(F)F)CC1. The van der Waals surface area contributed by atoms with Crippen LogP contribution in [-0.2, 0) is 0 Å². The molecule has 1 atom stereocenters. The molecule has 2 aliphatic heterocycles. The predicted octanol–water partition coefficient (Wildman–Crippen LogP) is 3.62. The molecule has 0 radical (unpaired) electrons. The molecule has 0 aromatic carbocycles. The summed E-state index contributed by atoms with van der Waals surface area (Å²) in [6, 6.07) is -0.308. The summed E-state index contributed by atoms with van der Waals surface area (Å²) in [6.45, 7) is 8.71. The molecule has 0 aromatic heterocycles. The van der Waals surface area contributed by atoms with Gasteiger partial charge < -0.3 is 0 Å². The van der Waals surface area contributed by atoms with Crippen LogP contribution >= 0.6 is 0 Å². The summed E-state index contributed by atoms with van der Waals surface area (Å²) in [4.78, 5) is 3.99. The highest BCUT2D eigenvalue weighted by Crippen LogP contribution is 2.34. The molecule has 2 rings (SSSR count). The Morgan fingerprint density at radius 2 is 1.75 bits per heavy atom. The zero-order chi connectivity index (χ0) is 14.8. The minimum absolute atomic E-state index is 0.0653. The largest absolute Gasteiger partial charge is 0.295 e. The molecule has 4 heteroatoms. The maximum Gasteiger partial charge on any atom is 0.275 e. The third-order valence-electron chi connectivity index (χ3n) is 5.11. The molecule has 0 spiro atoms. The van der Waals surface area contributed by atoms with Gasteiger partial charge in [-0.1, -0.05) is 19.8 Å². The summed E-state index contributed by atoms with van der Waals surface area (Å²) >= 11 is 0. The summed E-state index contributed by atoms with van der Waals surface area (Å²) in [5, 5.41) is 0. The maximum atomic E-state index is 14.4. The first-order chi connectivity index (χ1) is 9.44. The molecule has 118 valence electrons. The lowest BCUT2D eigenvalue weighted by Crippen LogP contribution is -2.60. The van der Waals surface area contributed by atoms with Gasteiger partial charge in [0.2, 0.25) is 0 Å². The van der Waals surface area contributed by atoms with Crippen molar-refractivity contribution in [2.45, 2.75) is 70.9 Å². The molecule has 0 saturated carbocycles. The summed E-state index contributed by atoms with van der Waals surface area (Å²) in [5.74, 6) is -1.79. The molecule has 0 aromatic rings. The number of hydrogen-bond acceptors (Lipinski definition) is 2. The highest BCUT2D eigenvalue weighted by molar-refractivity contribution is 4.95. The first kappa shape index (κ1) is 16.2. The van der Waals surface area contributed by atoms with Crippen molar-refractivity contribution in [3.8, 4) is 0 Å². The lowest BCUT2D eigenvalue weighted by Gasteiger charge is -2.46. The zero-order valence-electron chi connectivity index (χ0n) is 13.2. The normalized spacial score (nSPS) is 30.0. The molecule has 2 fully saturated rings. The van der Waals surface area contributed by atoms with Gasteiger partial charge in [-0.3, -0.25) is 9.80 Å². The average molecular weight is 288 g/mol. The van der Waals surface area contributed by atoms with Gasteiger partial charge in [-0.25, -0.2) is 8.78 Å². The van der Waals surface area contributed by atoms with Crippen LogP contribution in [0.5, 0.6) is 0 Å². The Kier molecular flexibility index (Phi) is 5.41. The highest BCUT2D eigenvalue weighted by Gasteiger charge is 2.48. The number of halogens is 2. The molecule has 2 nitrogen and oxygen atoms in total. The Morgan fingerprint density at radius 3 is 2.25 bits per heavy atom. The van der Waals surface area contributed by atoms with E-state index in [-0.39, 0.29) is 12.6 Å². The van der Waals surface area contributed by atoms with E-state index in [1.54, 1.807) is 0 Å². The Morgan fingerprint density at radius 1 is 1.10 bits per heavy atom. The van der Waals surface area contributed by atoms with Gasteiger partial charge in [0.25, 0.3) is 5.92 Å². The van der Waals surface area contributed by atoms with Crippen LogP contribution in [0.1, 0.15) is 52.9 Å². The number of hydrogen-bond donors (Lipinski definition) is 0. The topological polar surface area (TPSA) is 6.48 Å². The molecule has 20 heavy (non-hydrogen) atoms. The van der Waals surface area contributed by atoms with Crippen LogP contribution in [0.2, 0.25) is 0 Å². The fourth-order valence-corrected chi connectivity index (χ4v) is 3.81. The molecule has 0 bridgehead atoms. The fraction of sp³-hybridized carbons (Fsp3) is 1.00. The molecule has 1 unspecified atom stereocenters. The monoisotopic (exact) mass is 288 g/mol. The van der Waals surface area contributed by atoms with Gasteiger partial charge >= 0.3 is 0 Å². The molecule has 0 amide bonds. The zero-order valence-corrected chi connectivity index (χ0v) is 13.2. The number of nitrogens with zero attached hydrogens (tertiary/aromatic N) is 2. The van der Waals surface area contributed by atoms with Gasteiger partial charge in [0.1, 0.15) is 0 Å². The lowest BCUT2D eigenvalue weighted by atomic mass is 9.89. The van der Waals surface area contributed by atoms with Crippen molar-refractivity contribution in [2.24, 2.45) is 5.92 Å². The number of likely N-dealkylation sites (tertiary alicyclic amines) is 2. The van der Waals surface area contributed by atoms with E-state index in [0.717, 1.165) is 38.4 Å². The number of alkyl halides is 2. The Balaban J connectivity index is 1.90. The average Bonchev–Trinajstić information content (AvgIpc) is 2.39. The van der Waals surface area contributed by atoms with Crippen LogP contribution in [0.15, 0.2) is 0 Å². The number of piperidine rings is 2. The molecule has 0 N–H and O–H groups in total. The van der Waals surface area contributed by atoms with Crippen molar-refractivity contribution < 1.29 is 8.78 Å². The Hall–Kier alpha value is -0.220. The Labute approximate surface area is 122 Å². The molecule has 2 aliphatic rings. The van der Waals surface area contributed by atoms with Crippen molar-refractivity contribution in [3.05, 3.63) is 0 Å². The van der Waals surface area contributed by atoms with Gasteiger partial charge in [-0.2, -0.15) is 0 Å². The predicted molar refractivity (Wildman–Crippen MR) is 79.3 cm³/mol. The van der Waals surface area contributed by atoms with E-state index >= 15 is 0 Å². The van der Waals surface area contributed by atoms with E-state index in [1.165, 1.54) is 12.8 Å². The summed E-state index contributed by atoms with van der Waals surface area (Å²) in [7, 11) is 0. The molecular formula is C16H30F2N2. The highest BCUT2D eigenvalue weighted by atomic mass is 19.3. The van der Waals surface area contributed by atoms with E-state index in [2.05, 4.69) is 11.8 Å². The van der Waals surface area contributed by atoms with Crippen molar-refractivity contribution in [3.63, 3.8) is 0 Å². The van der Waals surface area contributed by atoms with Crippen molar-refractivity contribution >= 4 is 0 Å². The first-order valence-corrected chi connectivity index (χ1v) is 8.30. The second-order valence-electron chi connectivity index (χ2n) is 6.90. The van der Waals surface area contributed by atoms with E-state index < -0.39 is 12.0 Å². The van der Waals surface area contributed by atoms with E-state index in [1.807, 2.05) is 18.7 Å². The minimum Gasteiger partial charge on any atom is -0.295 e. The van der Waals surface area contributed by atoms with Crippen molar-refractivity contribution in [1.82, 2.24) is 9.80 Å². The van der Waals surface area contributed by atoms with Crippen molar-refractivity contribution in [2.75, 3.05) is 26.2 Å². The van der Waals surface area contributed by atoms with Crippen LogP contribution in [0.3, 0.4) is 0 Å². The van der Waals surface area contributed by atoms with Crippen LogP contribution < -0.4 is 0 Å². The van der Waals surface area contributed by atoms with Gasteiger partial charge in [-0.05, 0) is 52.1 Å². The standard InChI is InChI=1S/C16H30F2N2/c1-4-5-14-6-9-19(10-7-14)15-8-11-20(13(2)3)12-16(15,17)18/h13-15H,4-12H2,1-3H3. The first-order valence-electron chi connectivity index (χ1n) is 8.30. The third-order valence-corrected chi connectivity index (χ3v) is 5.11. The van der Waals surface area contributed by atoms with Crippen LogP contribution in [0, 0.1) is 5.92 Å². The smallest absolute Gasteiger partial charge is 0.275 e. The van der Waals surface area contributed by atoms with Crippen LogP contribution in [-0.4, -0.2) is 54.0 Å². The van der Waals surface area contributed by atoms with Gasteiger partial charge in [-0.15, -0.1) is 0 Å². The van der Waals surface area contributed by atoms with Gasteiger partial charge in [0, 0.05) is 12.6 Å². The second-order valence-corrected chi connectivity index (χ2v) is 6.90. The molecule has 0 aliphatic carbocycles. The molecule has 2 heterocycles. The summed E-state index contributed by atoms with van der Waals surface area (Å²) < 4.78 is 28.9. The van der Waals surface area contributed by atoms with Gasteiger partial charge in [0.15, 0.2) is 0 Å². The second kappa shape index (κ2) is 6.69. The van der Waals surface area contributed by atoms with E-state index in [4.69, 9.17) is 0 Å². The van der Waals surface area contributed by atoms with E-state index in [9.17, 15) is 8.78 Å². The van der Waals surface area contributed by atoms with E-state index in [0.29, 0.717) is 6.42 Å². The molecular weight excluding hydrogens is 258 g/mol. The summed E-state index contributed by atoms with van der Waals surface area (Å²) in [6.07, 6.45) is 5.30. The van der Waals surface area contributed by atoms with Crippen LogP contribution in [0.25, 0.3) is 0 Å². The summed E-state index contributed by atoms with van der Waals surface area (Å²) in [5.41, 5.74) is 0.